The molecule has 1 amide bonds. The monoisotopic (exact) mass is 342 g/mol. The third kappa shape index (κ3) is 5.51. The summed E-state index contributed by atoms with van der Waals surface area (Å²) < 4.78 is 6.59. The van der Waals surface area contributed by atoms with Gasteiger partial charge in [-0.05, 0) is 32.5 Å². The van der Waals surface area contributed by atoms with Crippen molar-refractivity contribution in [3.63, 3.8) is 0 Å². The molecule has 2 N–H and O–H groups in total. The van der Waals surface area contributed by atoms with Crippen LogP contribution in [0.5, 0.6) is 5.75 Å². The second kappa shape index (κ2) is 8.97. The number of ether oxygens (including phenoxy) is 1. The quantitative estimate of drug-likeness (QED) is 0.714. The fourth-order valence-corrected chi connectivity index (χ4v) is 2.09. The molecular weight excluding hydrogens is 320 g/mol. The lowest BCUT2D eigenvalue weighted by atomic mass is 10.1. The van der Waals surface area contributed by atoms with Gasteiger partial charge in [-0.3, -0.25) is 4.79 Å². The highest BCUT2D eigenvalue weighted by Gasteiger charge is 2.12. The number of hydrogen-bond acceptors (Lipinski definition) is 3. The fraction of sp³-hybridized carbons (Fsp3) is 0.533. The predicted molar refractivity (Wildman–Crippen MR) is 85.0 cm³/mol. The minimum absolute atomic E-state index is 0.0452. The molecule has 0 heterocycles. The summed E-state index contributed by atoms with van der Waals surface area (Å²) in [7, 11) is 1.90. The minimum Gasteiger partial charge on any atom is -0.483 e. The first kappa shape index (κ1) is 17.0. The number of nitrogens with one attached hydrogen (secondary N) is 2. The number of halogens is 1. The Kier molecular flexibility index (Phi) is 7.62. The van der Waals surface area contributed by atoms with E-state index in [1.54, 1.807) is 0 Å². The summed E-state index contributed by atoms with van der Waals surface area (Å²) in [5, 5.41) is 6.01. The highest BCUT2D eigenvalue weighted by Crippen LogP contribution is 2.28. The Morgan fingerprint density at radius 3 is 2.85 bits per heavy atom. The van der Waals surface area contributed by atoms with E-state index in [-0.39, 0.29) is 18.6 Å². The molecule has 0 aromatic heterocycles. The summed E-state index contributed by atoms with van der Waals surface area (Å²) in [6, 6.07) is 6.02. The molecule has 0 spiro atoms. The topological polar surface area (TPSA) is 50.4 Å². The molecule has 0 aliphatic carbocycles. The van der Waals surface area contributed by atoms with E-state index in [1.807, 2.05) is 25.2 Å². The molecule has 1 rings (SSSR count). The smallest absolute Gasteiger partial charge is 0.257 e. The summed E-state index contributed by atoms with van der Waals surface area (Å²) in [6.45, 7) is 4.90. The van der Waals surface area contributed by atoms with Gasteiger partial charge >= 0.3 is 0 Å². The molecule has 1 atom stereocenters. The Morgan fingerprint density at radius 2 is 2.20 bits per heavy atom. The van der Waals surface area contributed by atoms with E-state index in [9.17, 15) is 4.79 Å². The summed E-state index contributed by atoms with van der Waals surface area (Å²) in [5.74, 6) is 0.647. The van der Waals surface area contributed by atoms with E-state index in [4.69, 9.17) is 4.74 Å². The van der Waals surface area contributed by atoms with E-state index in [1.165, 1.54) is 0 Å². The van der Waals surface area contributed by atoms with Gasteiger partial charge in [-0.15, -0.1) is 0 Å². The summed E-state index contributed by atoms with van der Waals surface area (Å²) in [5.41, 5.74) is 1.04. The zero-order valence-electron chi connectivity index (χ0n) is 12.3. The molecule has 0 fully saturated rings. The normalized spacial score (nSPS) is 12.0. The molecular formula is C15H23BrN2O2. The van der Waals surface area contributed by atoms with Crippen LogP contribution in [0.15, 0.2) is 22.7 Å². The number of amides is 1. The SMILES string of the molecule is CCCCNC(=O)COc1cc(Br)ccc1C(C)NC. The maximum Gasteiger partial charge on any atom is 0.257 e. The van der Waals surface area contributed by atoms with Gasteiger partial charge in [-0.1, -0.05) is 35.3 Å². The minimum atomic E-state index is -0.0820. The van der Waals surface area contributed by atoms with Gasteiger partial charge in [0.1, 0.15) is 5.75 Å². The Morgan fingerprint density at radius 1 is 1.45 bits per heavy atom. The lowest BCUT2D eigenvalue weighted by Gasteiger charge is -2.16. The van der Waals surface area contributed by atoms with Gasteiger partial charge in [0.15, 0.2) is 6.61 Å². The first-order chi connectivity index (χ1) is 9.58. The number of unbranched alkanes of at least 4 members (excludes halogenated alkanes) is 1. The van der Waals surface area contributed by atoms with Crippen LogP contribution in [-0.2, 0) is 4.79 Å². The average Bonchev–Trinajstić information content (AvgIpc) is 2.44. The number of hydrogen-bond donors (Lipinski definition) is 2. The first-order valence-electron chi connectivity index (χ1n) is 6.94. The van der Waals surface area contributed by atoms with Crippen LogP contribution in [0.2, 0.25) is 0 Å². The van der Waals surface area contributed by atoms with Gasteiger partial charge in [-0.25, -0.2) is 0 Å². The zero-order chi connectivity index (χ0) is 15.0. The van der Waals surface area contributed by atoms with Gasteiger partial charge in [-0.2, -0.15) is 0 Å². The van der Waals surface area contributed by atoms with Crippen molar-refractivity contribution in [3.05, 3.63) is 28.2 Å². The Hall–Kier alpha value is -1.07. The molecule has 0 aliphatic rings. The molecule has 1 aromatic carbocycles. The molecule has 5 heteroatoms. The maximum atomic E-state index is 11.7. The van der Waals surface area contributed by atoms with Crippen LogP contribution in [0.25, 0.3) is 0 Å². The van der Waals surface area contributed by atoms with E-state index >= 15 is 0 Å². The van der Waals surface area contributed by atoms with E-state index in [0.717, 1.165) is 28.6 Å². The highest BCUT2D eigenvalue weighted by atomic mass is 79.9. The highest BCUT2D eigenvalue weighted by molar-refractivity contribution is 9.10. The Labute approximate surface area is 129 Å². The third-order valence-electron chi connectivity index (χ3n) is 3.09. The number of rotatable bonds is 8. The van der Waals surface area contributed by atoms with Gasteiger partial charge in [0.05, 0.1) is 0 Å². The molecule has 20 heavy (non-hydrogen) atoms. The molecule has 4 nitrogen and oxygen atoms in total. The standard InChI is InChI=1S/C15H23BrN2O2/c1-4-5-8-18-15(19)10-20-14-9-12(16)6-7-13(14)11(2)17-3/h6-7,9,11,17H,4-5,8,10H2,1-3H3,(H,18,19). The van der Waals surface area contributed by atoms with Crippen LogP contribution in [0.1, 0.15) is 38.3 Å². The van der Waals surface area contributed by atoms with Crippen molar-refractivity contribution in [3.8, 4) is 5.75 Å². The van der Waals surface area contributed by atoms with Crippen LogP contribution < -0.4 is 15.4 Å². The van der Waals surface area contributed by atoms with Crippen LogP contribution in [-0.4, -0.2) is 26.1 Å². The molecule has 1 unspecified atom stereocenters. The number of carbonyl (C=O) groups excluding carboxylic acids is 1. The van der Waals surface area contributed by atoms with Gasteiger partial charge < -0.3 is 15.4 Å². The van der Waals surface area contributed by atoms with Crippen molar-refractivity contribution in [1.82, 2.24) is 10.6 Å². The summed E-state index contributed by atoms with van der Waals surface area (Å²) in [6.07, 6.45) is 2.06. The second-order valence-electron chi connectivity index (χ2n) is 4.68. The number of carbonyl (C=O) groups is 1. The Balaban J connectivity index is 2.62. The van der Waals surface area contributed by atoms with Crippen molar-refractivity contribution >= 4 is 21.8 Å². The molecule has 0 radical (unpaired) electrons. The third-order valence-corrected chi connectivity index (χ3v) is 3.58. The lowest BCUT2D eigenvalue weighted by Crippen LogP contribution is -2.30. The van der Waals surface area contributed by atoms with E-state index in [0.29, 0.717) is 6.54 Å². The molecule has 0 saturated heterocycles. The van der Waals surface area contributed by atoms with Crippen molar-refractivity contribution in [2.75, 3.05) is 20.2 Å². The van der Waals surface area contributed by atoms with Crippen molar-refractivity contribution in [2.45, 2.75) is 32.7 Å². The number of benzene rings is 1. The van der Waals surface area contributed by atoms with Crippen LogP contribution in [0.4, 0.5) is 0 Å². The zero-order valence-corrected chi connectivity index (χ0v) is 13.9. The summed E-state index contributed by atoms with van der Waals surface area (Å²) >= 11 is 3.42. The first-order valence-corrected chi connectivity index (χ1v) is 7.74. The van der Waals surface area contributed by atoms with Crippen molar-refractivity contribution < 1.29 is 9.53 Å². The van der Waals surface area contributed by atoms with Crippen molar-refractivity contribution in [1.29, 1.82) is 0 Å². The van der Waals surface area contributed by atoms with Gasteiger partial charge in [0, 0.05) is 22.6 Å². The molecule has 0 bridgehead atoms. The maximum absolute atomic E-state index is 11.7. The molecule has 1 aromatic rings. The van der Waals surface area contributed by atoms with Crippen LogP contribution in [0, 0.1) is 0 Å². The van der Waals surface area contributed by atoms with E-state index < -0.39 is 0 Å². The predicted octanol–water partition coefficient (Wildman–Crippen LogP) is 3.02. The summed E-state index contributed by atoms with van der Waals surface area (Å²) in [4.78, 5) is 11.7. The van der Waals surface area contributed by atoms with Crippen molar-refractivity contribution in [2.24, 2.45) is 0 Å². The molecule has 112 valence electrons. The lowest BCUT2D eigenvalue weighted by molar-refractivity contribution is -0.123. The van der Waals surface area contributed by atoms with E-state index in [2.05, 4.69) is 40.4 Å². The second-order valence-corrected chi connectivity index (χ2v) is 5.60. The fourth-order valence-electron chi connectivity index (χ4n) is 1.75. The van der Waals surface area contributed by atoms with Crippen LogP contribution >= 0.6 is 15.9 Å². The Bertz CT molecular complexity index is 438. The van der Waals surface area contributed by atoms with Gasteiger partial charge in [0.2, 0.25) is 0 Å². The van der Waals surface area contributed by atoms with Crippen LogP contribution in [0.3, 0.4) is 0 Å². The van der Waals surface area contributed by atoms with Gasteiger partial charge in [0.25, 0.3) is 5.91 Å². The largest absolute Gasteiger partial charge is 0.483 e. The average molecular weight is 343 g/mol. The molecule has 0 aliphatic heterocycles. The molecule has 0 saturated carbocycles.